The highest BCUT2D eigenvalue weighted by Crippen LogP contribution is 2.12. The van der Waals surface area contributed by atoms with Crippen LogP contribution in [0.1, 0.15) is 26.3 Å². The van der Waals surface area contributed by atoms with E-state index in [0.29, 0.717) is 24.9 Å². The number of benzene rings is 1. The highest BCUT2D eigenvalue weighted by atomic mass is 32.2. The van der Waals surface area contributed by atoms with Gasteiger partial charge < -0.3 is 10.1 Å². The minimum absolute atomic E-state index is 0.0324. The standard InChI is InChI=1S/C14H24N2O3S/c1-4-19-8-9-20(17,18)16-14-7-5-6-13(10-14)11-15-12(2)3/h5-7,10,12,15-16H,4,8-9,11H2,1-3H3. The lowest BCUT2D eigenvalue weighted by Crippen LogP contribution is -2.22. The number of anilines is 1. The average molecular weight is 300 g/mol. The van der Waals surface area contributed by atoms with E-state index in [2.05, 4.69) is 23.9 Å². The zero-order valence-corrected chi connectivity index (χ0v) is 13.2. The summed E-state index contributed by atoms with van der Waals surface area (Å²) < 4.78 is 31.3. The van der Waals surface area contributed by atoms with Gasteiger partial charge in [-0.05, 0) is 24.6 Å². The summed E-state index contributed by atoms with van der Waals surface area (Å²) in [5.74, 6) is -0.0324. The maximum Gasteiger partial charge on any atom is 0.234 e. The molecule has 2 N–H and O–H groups in total. The fourth-order valence-electron chi connectivity index (χ4n) is 1.61. The largest absolute Gasteiger partial charge is 0.381 e. The molecule has 1 rings (SSSR count). The first-order valence-corrected chi connectivity index (χ1v) is 8.48. The van der Waals surface area contributed by atoms with E-state index in [9.17, 15) is 8.42 Å². The van der Waals surface area contributed by atoms with Gasteiger partial charge in [-0.3, -0.25) is 4.72 Å². The molecule has 0 amide bonds. The number of hydrogen-bond donors (Lipinski definition) is 2. The monoisotopic (exact) mass is 300 g/mol. The van der Waals surface area contributed by atoms with E-state index >= 15 is 0 Å². The van der Waals surface area contributed by atoms with E-state index in [1.165, 1.54) is 0 Å². The summed E-state index contributed by atoms with van der Waals surface area (Å²) in [6.45, 7) is 7.42. The highest BCUT2D eigenvalue weighted by molar-refractivity contribution is 7.92. The summed E-state index contributed by atoms with van der Waals surface area (Å²) in [6.07, 6.45) is 0. The van der Waals surface area contributed by atoms with E-state index in [-0.39, 0.29) is 12.4 Å². The summed E-state index contributed by atoms with van der Waals surface area (Å²) >= 11 is 0. The Bertz CT molecular complexity index is 501. The van der Waals surface area contributed by atoms with E-state index in [4.69, 9.17) is 4.74 Å². The van der Waals surface area contributed by atoms with Gasteiger partial charge in [0.25, 0.3) is 0 Å². The van der Waals surface area contributed by atoms with Crippen LogP contribution in [-0.2, 0) is 21.3 Å². The van der Waals surface area contributed by atoms with E-state index < -0.39 is 10.0 Å². The Morgan fingerprint density at radius 2 is 2.05 bits per heavy atom. The molecule has 0 aromatic heterocycles. The van der Waals surface area contributed by atoms with Crippen LogP contribution in [0.4, 0.5) is 5.69 Å². The smallest absolute Gasteiger partial charge is 0.234 e. The molecule has 0 atom stereocenters. The molecular weight excluding hydrogens is 276 g/mol. The summed E-state index contributed by atoms with van der Waals surface area (Å²) in [6, 6.07) is 7.79. The van der Waals surface area contributed by atoms with Gasteiger partial charge in [0.05, 0.1) is 12.4 Å². The highest BCUT2D eigenvalue weighted by Gasteiger charge is 2.10. The molecule has 0 aliphatic heterocycles. The zero-order valence-electron chi connectivity index (χ0n) is 12.3. The lowest BCUT2D eigenvalue weighted by molar-refractivity contribution is 0.163. The Balaban J connectivity index is 2.60. The van der Waals surface area contributed by atoms with Gasteiger partial charge in [0.15, 0.2) is 0 Å². The topological polar surface area (TPSA) is 67.4 Å². The van der Waals surface area contributed by atoms with Crippen LogP contribution in [0.15, 0.2) is 24.3 Å². The molecule has 5 nitrogen and oxygen atoms in total. The molecule has 1 aromatic rings. The van der Waals surface area contributed by atoms with E-state index in [0.717, 1.165) is 5.56 Å². The van der Waals surface area contributed by atoms with Gasteiger partial charge in [0.2, 0.25) is 10.0 Å². The quantitative estimate of drug-likeness (QED) is 0.684. The maximum absolute atomic E-state index is 11.8. The third kappa shape index (κ3) is 6.88. The van der Waals surface area contributed by atoms with Crippen LogP contribution in [0, 0.1) is 0 Å². The predicted molar refractivity (Wildman–Crippen MR) is 82.3 cm³/mol. The first kappa shape index (κ1) is 16.9. The number of nitrogens with one attached hydrogen (secondary N) is 2. The molecule has 0 aliphatic carbocycles. The summed E-state index contributed by atoms with van der Waals surface area (Å²) in [5, 5.41) is 3.30. The number of ether oxygens (including phenoxy) is 1. The molecule has 0 bridgehead atoms. The molecule has 0 spiro atoms. The van der Waals surface area contributed by atoms with Crippen molar-refractivity contribution in [1.29, 1.82) is 0 Å². The molecule has 114 valence electrons. The van der Waals surface area contributed by atoms with Crippen molar-refractivity contribution in [2.24, 2.45) is 0 Å². The van der Waals surface area contributed by atoms with Gasteiger partial charge >= 0.3 is 0 Å². The second-order valence-corrected chi connectivity index (χ2v) is 6.70. The van der Waals surface area contributed by atoms with Crippen LogP contribution in [0.5, 0.6) is 0 Å². The van der Waals surface area contributed by atoms with Gasteiger partial charge in [-0.2, -0.15) is 0 Å². The van der Waals surface area contributed by atoms with Crippen LogP contribution < -0.4 is 10.0 Å². The van der Waals surface area contributed by atoms with Gasteiger partial charge in [0.1, 0.15) is 0 Å². The zero-order chi connectivity index (χ0) is 15.0. The van der Waals surface area contributed by atoms with Crippen molar-refractivity contribution in [2.75, 3.05) is 23.7 Å². The van der Waals surface area contributed by atoms with Crippen molar-refractivity contribution in [3.8, 4) is 0 Å². The van der Waals surface area contributed by atoms with Crippen molar-refractivity contribution >= 4 is 15.7 Å². The van der Waals surface area contributed by atoms with Crippen molar-refractivity contribution < 1.29 is 13.2 Å². The summed E-state index contributed by atoms with van der Waals surface area (Å²) in [7, 11) is -3.35. The first-order chi connectivity index (χ1) is 9.43. The minimum atomic E-state index is -3.35. The lowest BCUT2D eigenvalue weighted by atomic mass is 10.2. The maximum atomic E-state index is 11.8. The third-order valence-electron chi connectivity index (χ3n) is 2.62. The Hall–Kier alpha value is -1.11. The van der Waals surface area contributed by atoms with E-state index in [1.54, 1.807) is 6.07 Å². The molecular formula is C14H24N2O3S. The van der Waals surface area contributed by atoms with E-state index in [1.807, 2.05) is 25.1 Å². The van der Waals surface area contributed by atoms with Crippen LogP contribution in [0.3, 0.4) is 0 Å². The molecule has 0 radical (unpaired) electrons. The van der Waals surface area contributed by atoms with Crippen molar-refractivity contribution in [3.05, 3.63) is 29.8 Å². The number of hydrogen-bond acceptors (Lipinski definition) is 4. The van der Waals surface area contributed by atoms with Crippen LogP contribution in [-0.4, -0.2) is 33.4 Å². The average Bonchev–Trinajstić information content (AvgIpc) is 2.36. The van der Waals surface area contributed by atoms with Crippen LogP contribution in [0.25, 0.3) is 0 Å². The minimum Gasteiger partial charge on any atom is -0.381 e. The van der Waals surface area contributed by atoms with Gasteiger partial charge in [-0.15, -0.1) is 0 Å². The summed E-state index contributed by atoms with van der Waals surface area (Å²) in [4.78, 5) is 0. The molecule has 6 heteroatoms. The normalized spacial score (nSPS) is 11.8. The lowest BCUT2D eigenvalue weighted by Gasteiger charge is -2.11. The second kappa shape index (κ2) is 8.24. The molecule has 0 fully saturated rings. The Morgan fingerprint density at radius 1 is 1.30 bits per heavy atom. The molecule has 0 unspecified atom stereocenters. The Kier molecular flexibility index (Phi) is 6.98. The van der Waals surface area contributed by atoms with Gasteiger partial charge in [-0.25, -0.2) is 8.42 Å². The predicted octanol–water partition coefficient (Wildman–Crippen LogP) is 1.96. The molecule has 1 aromatic carbocycles. The Labute approximate surface area is 121 Å². The Morgan fingerprint density at radius 3 is 2.70 bits per heavy atom. The number of rotatable bonds is 9. The molecule has 20 heavy (non-hydrogen) atoms. The van der Waals surface area contributed by atoms with Crippen LogP contribution >= 0.6 is 0 Å². The fraction of sp³-hybridized carbons (Fsp3) is 0.571. The van der Waals surface area contributed by atoms with Crippen molar-refractivity contribution in [3.63, 3.8) is 0 Å². The first-order valence-electron chi connectivity index (χ1n) is 6.83. The van der Waals surface area contributed by atoms with Crippen LogP contribution in [0.2, 0.25) is 0 Å². The molecule has 0 saturated carbocycles. The second-order valence-electron chi connectivity index (χ2n) is 4.85. The third-order valence-corrected chi connectivity index (χ3v) is 3.87. The summed E-state index contributed by atoms with van der Waals surface area (Å²) in [5.41, 5.74) is 1.63. The SMILES string of the molecule is CCOCCS(=O)(=O)Nc1cccc(CNC(C)C)c1. The van der Waals surface area contributed by atoms with Crippen molar-refractivity contribution in [2.45, 2.75) is 33.4 Å². The molecule has 0 aliphatic rings. The molecule has 0 heterocycles. The van der Waals surface area contributed by atoms with Gasteiger partial charge in [0, 0.05) is 24.9 Å². The molecule has 0 saturated heterocycles. The van der Waals surface area contributed by atoms with Gasteiger partial charge in [-0.1, -0.05) is 26.0 Å². The fourth-order valence-corrected chi connectivity index (χ4v) is 2.54. The number of sulfonamides is 1. The van der Waals surface area contributed by atoms with Crippen molar-refractivity contribution in [1.82, 2.24) is 5.32 Å².